The van der Waals surface area contributed by atoms with Gasteiger partial charge in [-0.1, -0.05) is 61.7 Å². The van der Waals surface area contributed by atoms with Crippen LogP contribution in [0.4, 0.5) is 0 Å². The largest absolute Gasteiger partial charge is 0.352 e. The highest BCUT2D eigenvalue weighted by molar-refractivity contribution is 7.80. The van der Waals surface area contributed by atoms with Crippen LogP contribution in [-0.4, -0.2) is 25.6 Å². The van der Waals surface area contributed by atoms with Gasteiger partial charge in [0.2, 0.25) is 0 Å². The van der Waals surface area contributed by atoms with Crippen molar-refractivity contribution in [2.24, 2.45) is 0 Å². The predicted molar refractivity (Wildman–Crippen MR) is 147 cm³/mol. The van der Waals surface area contributed by atoms with Crippen LogP contribution < -0.4 is 5.32 Å². The fourth-order valence-electron chi connectivity index (χ4n) is 6.31. The Morgan fingerprint density at radius 3 is 2.49 bits per heavy atom. The topological polar surface area (TPSA) is 33.1 Å². The summed E-state index contributed by atoms with van der Waals surface area (Å²) in [5.41, 5.74) is 6.14. The molecule has 2 atom stereocenters. The number of pyridine rings is 1. The lowest BCUT2D eigenvalue weighted by atomic mass is 9.90. The van der Waals surface area contributed by atoms with Crippen LogP contribution in [0.15, 0.2) is 72.9 Å². The lowest BCUT2D eigenvalue weighted by Gasteiger charge is -2.37. The van der Waals surface area contributed by atoms with Gasteiger partial charge in [0.15, 0.2) is 5.11 Å². The van der Waals surface area contributed by atoms with E-state index in [0.717, 1.165) is 10.8 Å². The summed E-state index contributed by atoms with van der Waals surface area (Å²) in [5.74, 6) is 0. The molecule has 4 aromatic rings. The first-order chi connectivity index (χ1) is 17.1. The molecule has 3 heterocycles. The van der Waals surface area contributed by atoms with Crippen molar-refractivity contribution in [3.8, 4) is 5.69 Å². The number of aryl methyl sites for hydroxylation is 1. The summed E-state index contributed by atoms with van der Waals surface area (Å²) < 4.78 is 2.42. The monoisotopic (exact) mass is 480 g/mol. The second-order valence-electron chi connectivity index (χ2n) is 9.99. The van der Waals surface area contributed by atoms with Crippen LogP contribution in [-0.2, 0) is 0 Å². The van der Waals surface area contributed by atoms with Crippen LogP contribution in [0.5, 0.6) is 0 Å². The van der Waals surface area contributed by atoms with E-state index >= 15 is 0 Å². The fraction of sp³-hybridized carbons (Fsp3) is 0.333. The second kappa shape index (κ2) is 9.12. The van der Waals surface area contributed by atoms with E-state index in [1.807, 2.05) is 12.3 Å². The molecule has 2 fully saturated rings. The Morgan fingerprint density at radius 1 is 0.914 bits per heavy atom. The average molecular weight is 481 g/mol. The number of thiocarbonyl (C=S) groups is 1. The number of fused-ring (bicyclic) bond motifs is 1. The molecule has 1 N–H and O–H groups in total. The SMILES string of the molecule is Cc1cc([C@@H]2[C@@H](c3ccccn3)NC(=S)N2C2CCCCC2)c(C)n1-c1cccc2ccccc12. The molecule has 5 heteroatoms. The van der Waals surface area contributed by atoms with Crippen LogP contribution in [0.2, 0.25) is 0 Å². The molecule has 0 spiro atoms. The number of hydrogen-bond donors (Lipinski definition) is 1. The number of aromatic nitrogens is 2. The molecule has 35 heavy (non-hydrogen) atoms. The van der Waals surface area contributed by atoms with Gasteiger partial charge in [-0.25, -0.2) is 0 Å². The van der Waals surface area contributed by atoms with Gasteiger partial charge in [0.1, 0.15) is 0 Å². The van der Waals surface area contributed by atoms with Gasteiger partial charge in [-0.3, -0.25) is 4.98 Å². The first-order valence-electron chi connectivity index (χ1n) is 12.8. The Hall–Kier alpha value is -3.18. The van der Waals surface area contributed by atoms with Gasteiger partial charge >= 0.3 is 0 Å². The smallest absolute Gasteiger partial charge is 0.170 e. The Morgan fingerprint density at radius 2 is 1.69 bits per heavy atom. The Bertz CT molecular complexity index is 1360. The van der Waals surface area contributed by atoms with Crippen molar-refractivity contribution in [3.05, 3.63) is 95.6 Å². The molecule has 2 aromatic heterocycles. The van der Waals surface area contributed by atoms with Gasteiger partial charge in [0.25, 0.3) is 0 Å². The zero-order valence-corrected chi connectivity index (χ0v) is 21.3. The molecular weight excluding hydrogens is 448 g/mol. The minimum atomic E-state index is 0.0343. The van der Waals surface area contributed by atoms with Gasteiger partial charge in [0.05, 0.1) is 23.5 Å². The van der Waals surface area contributed by atoms with Crippen molar-refractivity contribution in [2.45, 2.75) is 64.1 Å². The predicted octanol–water partition coefficient (Wildman–Crippen LogP) is 6.95. The van der Waals surface area contributed by atoms with E-state index in [1.54, 1.807) is 0 Å². The summed E-state index contributed by atoms with van der Waals surface area (Å²) in [6, 6.07) is 24.4. The quantitative estimate of drug-likeness (QED) is 0.321. The maximum Gasteiger partial charge on any atom is 0.170 e. The number of nitrogens with one attached hydrogen (secondary N) is 1. The van der Waals surface area contributed by atoms with Crippen LogP contribution >= 0.6 is 12.2 Å². The summed E-state index contributed by atoms with van der Waals surface area (Å²) in [4.78, 5) is 7.27. The molecule has 0 unspecified atom stereocenters. The van der Waals surface area contributed by atoms with Gasteiger partial charge in [-0.15, -0.1) is 0 Å². The third-order valence-electron chi connectivity index (χ3n) is 7.90. The molecule has 1 saturated heterocycles. The molecule has 2 aliphatic rings. The number of hydrogen-bond acceptors (Lipinski definition) is 2. The highest BCUT2D eigenvalue weighted by Crippen LogP contribution is 2.44. The average Bonchev–Trinajstić information content (AvgIpc) is 3.39. The molecule has 2 aromatic carbocycles. The molecule has 0 radical (unpaired) electrons. The van der Waals surface area contributed by atoms with Crippen molar-refractivity contribution in [3.63, 3.8) is 0 Å². The summed E-state index contributed by atoms with van der Waals surface area (Å²) >= 11 is 6.00. The van der Waals surface area contributed by atoms with Crippen molar-refractivity contribution in [2.75, 3.05) is 0 Å². The summed E-state index contributed by atoms with van der Waals surface area (Å²) in [6.07, 6.45) is 8.18. The molecule has 0 amide bonds. The third kappa shape index (κ3) is 3.82. The van der Waals surface area contributed by atoms with Gasteiger partial charge in [-0.2, -0.15) is 0 Å². The zero-order chi connectivity index (χ0) is 23.9. The fourth-order valence-corrected chi connectivity index (χ4v) is 6.70. The Balaban J connectivity index is 1.51. The van der Waals surface area contributed by atoms with Crippen molar-refractivity contribution >= 4 is 28.1 Å². The highest BCUT2D eigenvalue weighted by Gasteiger charge is 2.44. The van der Waals surface area contributed by atoms with Gasteiger partial charge < -0.3 is 14.8 Å². The molecule has 1 aliphatic heterocycles. The number of nitrogens with zero attached hydrogens (tertiary/aromatic N) is 3. The minimum Gasteiger partial charge on any atom is -0.352 e. The lowest BCUT2D eigenvalue weighted by Crippen LogP contribution is -2.40. The van der Waals surface area contributed by atoms with E-state index in [2.05, 4.69) is 89.3 Å². The highest BCUT2D eigenvalue weighted by atomic mass is 32.1. The van der Waals surface area contributed by atoms with E-state index in [0.29, 0.717) is 6.04 Å². The molecule has 1 aliphatic carbocycles. The number of rotatable bonds is 4. The lowest BCUT2D eigenvalue weighted by molar-refractivity contribution is 0.197. The van der Waals surface area contributed by atoms with Crippen molar-refractivity contribution in [1.82, 2.24) is 19.8 Å². The summed E-state index contributed by atoms with van der Waals surface area (Å²) in [7, 11) is 0. The molecule has 178 valence electrons. The van der Waals surface area contributed by atoms with Crippen LogP contribution in [0.3, 0.4) is 0 Å². The van der Waals surface area contributed by atoms with Crippen LogP contribution in [0, 0.1) is 13.8 Å². The standard InChI is InChI=1S/C30H32N4S/c1-20-19-25(21(2)33(20)27-17-10-12-22-11-6-7-15-24(22)27)29-28(26-16-8-9-18-31-26)32-30(35)34(29)23-13-4-3-5-14-23/h6-12,15-19,23,28-29H,3-5,13-14H2,1-2H3,(H,32,35)/t28-,29-/m1/s1. The van der Waals surface area contributed by atoms with Crippen LogP contribution in [0.25, 0.3) is 16.5 Å². The van der Waals surface area contributed by atoms with E-state index in [-0.39, 0.29) is 12.1 Å². The van der Waals surface area contributed by atoms with Gasteiger partial charge in [0, 0.05) is 29.0 Å². The third-order valence-corrected chi connectivity index (χ3v) is 8.23. The maximum absolute atomic E-state index is 6.00. The zero-order valence-electron chi connectivity index (χ0n) is 20.4. The van der Waals surface area contributed by atoms with E-state index in [4.69, 9.17) is 17.2 Å². The molecular formula is C30H32N4S. The Labute approximate surface area is 213 Å². The van der Waals surface area contributed by atoms with Crippen molar-refractivity contribution < 1.29 is 0 Å². The maximum atomic E-state index is 6.00. The van der Waals surface area contributed by atoms with E-state index < -0.39 is 0 Å². The second-order valence-corrected chi connectivity index (χ2v) is 10.4. The molecule has 4 nitrogen and oxygen atoms in total. The molecule has 6 rings (SSSR count). The van der Waals surface area contributed by atoms with Crippen LogP contribution in [0.1, 0.15) is 66.8 Å². The minimum absolute atomic E-state index is 0.0343. The summed E-state index contributed by atoms with van der Waals surface area (Å²) in [5, 5.41) is 7.08. The first-order valence-corrected chi connectivity index (χ1v) is 13.2. The molecule has 0 bridgehead atoms. The Kier molecular flexibility index (Phi) is 5.81. The summed E-state index contributed by atoms with van der Waals surface area (Å²) in [6.45, 7) is 4.49. The molecule has 1 saturated carbocycles. The normalized spacial score (nSPS) is 21.0. The first kappa shape index (κ1) is 22.3. The van der Waals surface area contributed by atoms with E-state index in [9.17, 15) is 0 Å². The van der Waals surface area contributed by atoms with Gasteiger partial charge in [-0.05, 0) is 74.1 Å². The van der Waals surface area contributed by atoms with E-state index in [1.165, 1.54) is 65.5 Å². The van der Waals surface area contributed by atoms with Crippen molar-refractivity contribution in [1.29, 1.82) is 0 Å². The number of benzene rings is 2.